The van der Waals surface area contributed by atoms with Crippen LogP contribution in [0.2, 0.25) is 0 Å². The Morgan fingerprint density at radius 1 is 1.05 bits per heavy atom. The first-order valence-corrected chi connectivity index (χ1v) is 12.6. The van der Waals surface area contributed by atoms with Crippen molar-refractivity contribution in [3.05, 3.63) is 99.6 Å². The lowest BCUT2D eigenvalue weighted by Crippen LogP contribution is -2.14. The number of nitrogens with zero attached hydrogens (tertiary/aromatic N) is 3. The molecule has 1 heterocycles. The van der Waals surface area contributed by atoms with Crippen molar-refractivity contribution in [2.75, 3.05) is 18.2 Å². The van der Waals surface area contributed by atoms with E-state index in [9.17, 15) is 20.2 Å². The number of anilines is 1. The number of carbonyl (C=O) groups is 1. The number of aromatic nitrogens is 1. The number of nitro benzene ring substituents is 1. The van der Waals surface area contributed by atoms with Gasteiger partial charge < -0.3 is 10.1 Å². The summed E-state index contributed by atoms with van der Waals surface area (Å²) in [6.07, 6.45) is 0. The molecule has 0 saturated carbocycles. The van der Waals surface area contributed by atoms with E-state index in [0.29, 0.717) is 38.8 Å². The number of pyridine rings is 1. The average Bonchev–Trinajstić information content (AvgIpc) is 2.92. The van der Waals surface area contributed by atoms with Crippen molar-refractivity contribution in [1.29, 1.82) is 5.26 Å². The van der Waals surface area contributed by atoms with Crippen LogP contribution in [-0.2, 0) is 4.79 Å². The summed E-state index contributed by atoms with van der Waals surface area (Å²) in [6, 6.07) is 24.0. The number of nitriles is 1. The van der Waals surface area contributed by atoms with Crippen molar-refractivity contribution < 1.29 is 14.5 Å². The molecule has 0 aliphatic heterocycles. The van der Waals surface area contributed by atoms with Crippen LogP contribution in [0.3, 0.4) is 0 Å². The summed E-state index contributed by atoms with van der Waals surface area (Å²) in [5.41, 5.74) is 5.29. The second kappa shape index (κ2) is 11.6. The summed E-state index contributed by atoms with van der Waals surface area (Å²) in [4.78, 5) is 28.2. The Morgan fingerprint density at radius 2 is 1.74 bits per heavy atom. The number of thioether (sulfide) groups is 1. The number of carbonyl (C=O) groups excluding carboxylic acids is 1. The monoisotopic (exact) mass is 524 g/mol. The molecule has 4 aromatic rings. The third-order valence-electron chi connectivity index (χ3n) is 5.88. The number of hydrogen-bond acceptors (Lipinski definition) is 7. The fourth-order valence-corrected chi connectivity index (χ4v) is 4.62. The molecule has 0 fully saturated rings. The SMILES string of the molecule is COc1ccc(-c2cc(-c3ccc(C)cc3)nc(SCC(=O)Nc3ccc(C)c([N+](=O)[O-])c3)c2C#N)cc1. The summed E-state index contributed by atoms with van der Waals surface area (Å²) in [7, 11) is 1.59. The maximum Gasteiger partial charge on any atom is 0.274 e. The largest absolute Gasteiger partial charge is 0.497 e. The summed E-state index contributed by atoms with van der Waals surface area (Å²) >= 11 is 1.14. The minimum atomic E-state index is -0.486. The van der Waals surface area contributed by atoms with Crippen molar-refractivity contribution in [3.8, 4) is 34.2 Å². The highest BCUT2D eigenvalue weighted by Gasteiger charge is 2.18. The highest BCUT2D eigenvalue weighted by Crippen LogP contribution is 2.35. The molecule has 0 bridgehead atoms. The van der Waals surface area contributed by atoms with Gasteiger partial charge in [-0.2, -0.15) is 5.26 Å². The van der Waals surface area contributed by atoms with Crippen LogP contribution < -0.4 is 10.1 Å². The lowest BCUT2D eigenvalue weighted by atomic mass is 9.99. The first kappa shape index (κ1) is 26.4. The first-order chi connectivity index (χ1) is 18.3. The van der Waals surface area contributed by atoms with Gasteiger partial charge in [0.15, 0.2) is 0 Å². The van der Waals surface area contributed by atoms with E-state index in [1.54, 1.807) is 26.2 Å². The van der Waals surface area contributed by atoms with Gasteiger partial charge in [-0.15, -0.1) is 0 Å². The van der Waals surface area contributed by atoms with E-state index >= 15 is 0 Å². The Hall–Kier alpha value is -4.68. The van der Waals surface area contributed by atoms with Gasteiger partial charge in [0.2, 0.25) is 5.91 Å². The second-order valence-electron chi connectivity index (χ2n) is 8.54. The highest BCUT2D eigenvalue weighted by molar-refractivity contribution is 8.00. The maximum atomic E-state index is 12.7. The smallest absolute Gasteiger partial charge is 0.274 e. The molecule has 0 aliphatic carbocycles. The number of nitrogens with one attached hydrogen (secondary N) is 1. The molecule has 0 radical (unpaired) electrons. The Kier molecular flexibility index (Phi) is 8.04. The molecule has 1 amide bonds. The molecule has 0 unspecified atom stereocenters. The van der Waals surface area contributed by atoms with Crippen LogP contribution in [0, 0.1) is 35.3 Å². The van der Waals surface area contributed by atoms with Crippen LogP contribution in [0.15, 0.2) is 77.8 Å². The number of methoxy groups -OCH3 is 1. The van der Waals surface area contributed by atoms with Gasteiger partial charge in [-0.05, 0) is 43.7 Å². The number of nitro groups is 1. The van der Waals surface area contributed by atoms with E-state index in [1.165, 1.54) is 6.07 Å². The van der Waals surface area contributed by atoms with Crippen LogP contribution >= 0.6 is 11.8 Å². The Bertz CT molecular complexity index is 1550. The average molecular weight is 525 g/mol. The quantitative estimate of drug-likeness (QED) is 0.158. The van der Waals surface area contributed by atoms with Gasteiger partial charge in [-0.25, -0.2) is 4.98 Å². The van der Waals surface area contributed by atoms with Crippen LogP contribution in [0.25, 0.3) is 22.4 Å². The topological polar surface area (TPSA) is 118 Å². The van der Waals surface area contributed by atoms with Crippen molar-refractivity contribution in [2.24, 2.45) is 0 Å². The van der Waals surface area contributed by atoms with Gasteiger partial charge in [0, 0.05) is 28.4 Å². The number of rotatable bonds is 8. The third kappa shape index (κ3) is 5.99. The minimum absolute atomic E-state index is 0.0389. The fraction of sp³-hybridized carbons (Fsp3) is 0.138. The molecule has 4 rings (SSSR count). The summed E-state index contributed by atoms with van der Waals surface area (Å²) in [5.74, 6) is 0.288. The molecule has 0 saturated heterocycles. The molecular formula is C29H24N4O4S. The predicted octanol–water partition coefficient (Wildman–Crippen LogP) is 6.55. The van der Waals surface area contributed by atoms with Crippen molar-refractivity contribution >= 4 is 29.0 Å². The van der Waals surface area contributed by atoms with E-state index in [2.05, 4.69) is 11.4 Å². The summed E-state index contributed by atoms with van der Waals surface area (Å²) in [5, 5.41) is 24.4. The molecule has 1 N–H and O–H groups in total. The maximum absolute atomic E-state index is 12.7. The molecule has 1 aromatic heterocycles. The lowest BCUT2D eigenvalue weighted by molar-refractivity contribution is -0.385. The summed E-state index contributed by atoms with van der Waals surface area (Å²) < 4.78 is 5.27. The zero-order chi connectivity index (χ0) is 27.2. The molecule has 0 atom stereocenters. The molecular weight excluding hydrogens is 500 g/mol. The van der Waals surface area contributed by atoms with Gasteiger partial charge in [0.25, 0.3) is 5.69 Å². The number of hydrogen-bond donors (Lipinski definition) is 1. The van der Waals surface area contributed by atoms with E-state index in [0.717, 1.165) is 28.5 Å². The van der Waals surface area contributed by atoms with Gasteiger partial charge in [-0.1, -0.05) is 59.8 Å². The second-order valence-corrected chi connectivity index (χ2v) is 9.50. The van der Waals surface area contributed by atoms with E-state index < -0.39 is 4.92 Å². The molecule has 190 valence electrons. The lowest BCUT2D eigenvalue weighted by Gasteiger charge is -2.13. The molecule has 9 heteroatoms. The zero-order valence-electron chi connectivity index (χ0n) is 21.0. The molecule has 8 nitrogen and oxygen atoms in total. The first-order valence-electron chi connectivity index (χ1n) is 11.6. The van der Waals surface area contributed by atoms with Gasteiger partial charge in [0.1, 0.15) is 16.8 Å². The Balaban J connectivity index is 1.67. The fourth-order valence-electron chi connectivity index (χ4n) is 3.82. The Morgan fingerprint density at radius 3 is 2.37 bits per heavy atom. The van der Waals surface area contributed by atoms with Gasteiger partial charge >= 0.3 is 0 Å². The van der Waals surface area contributed by atoms with Crippen molar-refractivity contribution in [2.45, 2.75) is 18.9 Å². The van der Waals surface area contributed by atoms with Crippen molar-refractivity contribution in [1.82, 2.24) is 4.98 Å². The van der Waals surface area contributed by atoms with Gasteiger partial charge in [0.05, 0.1) is 29.0 Å². The highest BCUT2D eigenvalue weighted by atomic mass is 32.2. The van der Waals surface area contributed by atoms with Crippen LogP contribution in [0.1, 0.15) is 16.7 Å². The third-order valence-corrected chi connectivity index (χ3v) is 6.85. The van der Waals surface area contributed by atoms with Gasteiger partial charge in [-0.3, -0.25) is 14.9 Å². The van der Waals surface area contributed by atoms with Crippen LogP contribution in [0.5, 0.6) is 5.75 Å². The molecule has 38 heavy (non-hydrogen) atoms. The molecule has 0 aliphatic rings. The zero-order valence-corrected chi connectivity index (χ0v) is 21.8. The van der Waals surface area contributed by atoms with E-state index in [4.69, 9.17) is 9.72 Å². The minimum Gasteiger partial charge on any atom is -0.497 e. The van der Waals surface area contributed by atoms with Crippen LogP contribution in [-0.4, -0.2) is 28.7 Å². The Labute approximate surface area is 224 Å². The molecule has 3 aromatic carbocycles. The predicted molar refractivity (Wildman–Crippen MR) is 148 cm³/mol. The normalized spacial score (nSPS) is 10.5. The molecule has 0 spiro atoms. The number of ether oxygens (including phenoxy) is 1. The standard InChI is InChI=1S/C29H24N4O4S/c1-18-4-7-21(8-5-18)26-15-24(20-9-12-23(37-3)13-10-20)25(16-30)29(32-26)38-17-28(34)31-22-11-6-19(2)27(14-22)33(35)36/h4-15H,17H2,1-3H3,(H,31,34). The number of benzene rings is 3. The van der Waals surface area contributed by atoms with E-state index in [1.807, 2.05) is 61.5 Å². The summed E-state index contributed by atoms with van der Waals surface area (Å²) in [6.45, 7) is 3.64. The van der Waals surface area contributed by atoms with Crippen molar-refractivity contribution in [3.63, 3.8) is 0 Å². The number of amides is 1. The van der Waals surface area contributed by atoms with E-state index in [-0.39, 0.29) is 17.3 Å². The van der Waals surface area contributed by atoms with Crippen LogP contribution in [0.4, 0.5) is 11.4 Å². The number of aryl methyl sites for hydroxylation is 2.